The zero-order valence-corrected chi connectivity index (χ0v) is 21.1. The van der Waals surface area contributed by atoms with Crippen LogP contribution in [0.2, 0.25) is 5.02 Å². The second kappa shape index (κ2) is 9.28. The number of nitrogens with one attached hydrogen (secondary N) is 1. The maximum Gasteiger partial charge on any atom is 0.305 e. The highest BCUT2D eigenvalue weighted by molar-refractivity contribution is 8.00. The zero-order valence-electron chi connectivity index (χ0n) is 18.7. The van der Waals surface area contributed by atoms with Gasteiger partial charge in [0, 0.05) is 15.8 Å². The van der Waals surface area contributed by atoms with Crippen LogP contribution in [-0.2, 0) is 16.2 Å². The Morgan fingerprint density at radius 1 is 0.917 bits per heavy atom. The summed E-state index contributed by atoms with van der Waals surface area (Å²) in [6.45, 7) is 0.368. The standard InChI is InChI=1S/C27H19ClN2O4S2/c28-17-6-4-5-15(13-17)14-34-19-11-9-16(10-12-19)20-21-23(35-24-22(20)36-27(33)29-24)26(32)30(25(21)31)18-7-2-1-3-8-18/h1-13,20-21,23H,14H2,(H,29,33)/t20-,21?,23?/m1/s1. The molecule has 9 heteroatoms. The second-order valence-electron chi connectivity index (χ2n) is 8.58. The maximum atomic E-state index is 13.7. The summed E-state index contributed by atoms with van der Waals surface area (Å²) < 4.78 is 5.92. The molecule has 0 spiro atoms. The largest absolute Gasteiger partial charge is 0.489 e. The van der Waals surface area contributed by atoms with E-state index in [1.54, 1.807) is 24.3 Å². The van der Waals surface area contributed by atoms with E-state index in [0.717, 1.165) is 27.3 Å². The molecule has 4 aromatic rings. The van der Waals surface area contributed by atoms with E-state index < -0.39 is 17.1 Å². The van der Waals surface area contributed by atoms with Crippen LogP contribution in [0.1, 0.15) is 21.9 Å². The Kier molecular flexibility index (Phi) is 5.95. The molecule has 0 saturated carbocycles. The summed E-state index contributed by atoms with van der Waals surface area (Å²) in [5.41, 5.74) is 2.37. The number of fused-ring (bicyclic) bond motifs is 2. The third-order valence-corrected chi connectivity index (χ3v) is 9.01. The van der Waals surface area contributed by atoms with Gasteiger partial charge < -0.3 is 9.72 Å². The van der Waals surface area contributed by atoms with Crippen molar-refractivity contribution in [2.45, 2.75) is 22.8 Å². The van der Waals surface area contributed by atoms with Crippen molar-refractivity contribution in [3.63, 3.8) is 0 Å². The van der Waals surface area contributed by atoms with E-state index in [4.69, 9.17) is 16.3 Å². The first-order valence-corrected chi connectivity index (χ1v) is 13.4. The van der Waals surface area contributed by atoms with Gasteiger partial charge in [-0.15, -0.1) is 0 Å². The van der Waals surface area contributed by atoms with Crippen LogP contribution in [0.25, 0.3) is 0 Å². The molecule has 2 amide bonds. The predicted octanol–water partition coefficient (Wildman–Crippen LogP) is 5.46. The summed E-state index contributed by atoms with van der Waals surface area (Å²) in [5, 5.41) is 0.700. The molecule has 0 radical (unpaired) electrons. The molecule has 1 aromatic heterocycles. The topological polar surface area (TPSA) is 79.5 Å². The Labute approximate surface area is 219 Å². The van der Waals surface area contributed by atoms with Crippen LogP contribution in [0.3, 0.4) is 0 Å². The van der Waals surface area contributed by atoms with E-state index in [9.17, 15) is 14.4 Å². The number of carbonyl (C=O) groups is 2. The van der Waals surface area contributed by atoms with Crippen LogP contribution >= 0.6 is 34.7 Å². The molecule has 2 aliphatic heterocycles. The number of anilines is 1. The van der Waals surface area contributed by atoms with Gasteiger partial charge in [0.05, 0.1) is 16.6 Å². The summed E-state index contributed by atoms with van der Waals surface area (Å²) >= 11 is 8.43. The van der Waals surface area contributed by atoms with Crippen molar-refractivity contribution in [3.05, 3.63) is 110 Å². The average Bonchev–Trinajstić information content (AvgIpc) is 3.38. The Balaban J connectivity index is 1.33. The first-order valence-electron chi connectivity index (χ1n) is 11.3. The molecule has 2 aliphatic rings. The minimum atomic E-state index is -0.612. The van der Waals surface area contributed by atoms with Crippen LogP contribution < -0.4 is 14.5 Å². The van der Waals surface area contributed by atoms with Crippen molar-refractivity contribution in [2.75, 3.05) is 4.90 Å². The first kappa shape index (κ1) is 23.1. The number of aromatic amines is 1. The lowest BCUT2D eigenvalue weighted by atomic mass is 9.83. The molecule has 180 valence electrons. The maximum absolute atomic E-state index is 13.7. The summed E-state index contributed by atoms with van der Waals surface area (Å²) in [6, 6.07) is 24.0. The van der Waals surface area contributed by atoms with Gasteiger partial charge in [0.25, 0.3) is 0 Å². The molecule has 0 bridgehead atoms. The number of carbonyl (C=O) groups excluding carboxylic acids is 2. The van der Waals surface area contributed by atoms with E-state index in [2.05, 4.69) is 4.98 Å². The number of aromatic nitrogens is 1. The molecular formula is C27H19ClN2O4S2. The van der Waals surface area contributed by atoms with E-state index in [1.807, 2.05) is 54.6 Å². The van der Waals surface area contributed by atoms with Gasteiger partial charge in [-0.3, -0.25) is 14.4 Å². The number of thioether (sulfide) groups is 1. The SMILES string of the molecule is O=C1C2Sc3[nH]c(=O)sc3[C@H](c3ccc(OCc4cccc(Cl)c4)cc3)C2C(=O)N1c1ccccc1. The molecule has 6 nitrogen and oxygen atoms in total. The average molecular weight is 535 g/mol. The highest BCUT2D eigenvalue weighted by Gasteiger charge is 2.56. The van der Waals surface area contributed by atoms with Crippen molar-refractivity contribution in [1.29, 1.82) is 0 Å². The van der Waals surface area contributed by atoms with Gasteiger partial charge in [-0.2, -0.15) is 0 Å². The van der Waals surface area contributed by atoms with Crippen molar-refractivity contribution >= 4 is 52.2 Å². The number of halogens is 1. The zero-order chi connectivity index (χ0) is 24.8. The van der Waals surface area contributed by atoms with Crippen LogP contribution in [0.4, 0.5) is 5.69 Å². The molecule has 36 heavy (non-hydrogen) atoms. The number of imide groups is 1. The van der Waals surface area contributed by atoms with Crippen LogP contribution in [0, 0.1) is 5.92 Å². The van der Waals surface area contributed by atoms with Crippen molar-refractivity contribution in [2.24, 2.45) is 5.92 Å². The number of para-hydroxylation sites is 1. The third kappa shape index (κ3) is 4.05. The molecule has 2 unspecified atom stereocenters. The molecule has 6 rings (SSSR count). The molecular weight excluding hydrogens is 516 g/mol. The second-order valence-corrected chi connectivity index (χ2v) is 11.2. The monoisotopic (exact) mass is 534 g/mol. The van der Waals surface area contributed by atoms with E-state index in [-0.39, 0.29) is 16.7 Å². The quantitative estimate of drug-likeness (QED) is 0.344. The van der Waals surface area contributed by atoms with Gasteiger partial charge >= 0.3 is 4.87 Å². The lowest BCUT2D eigenvalue weighted by molar-refractivity contribution is -0.122. The lowest BCUT2D eigenvalue weighted by Gasteiger charge is -2.29. The first-order chi connectivity index (χ1) is 17.5. The van der Waals surface area contributed by atoms with Crippen LogP contribution in [0.5, 0.6) is 5.75 Å². The Morgan fingerprint density at radius 2 is 1.69 bits per heavy atom. The number of benzene rings is 3. The normalized spacial score (nSPS) is 20.8. The molecule has 1 saturated heterocycles. The molecule has 3 heterocycles. The van der Waals surface area contributed by atoms with E-state index >= 15 is 0 Å². The Hall–Kier alpha value is -3.33. The number of thiazole rings is 1. The smallest absolute Gasteiger partial charge is 0.305 e. The fraction of sp³-hybridized carbons (Fsp3) is 0.148. The molecule has 0 aliphatic carbocycles. The van der Waals surface area contributed by atoms with E-state index in [0.29, 0.717) is 28.1 Å². The summed E-state index contributed by atoms with van der Waals surface area (Å²) in [7, 11) is 0. The summed E-state index contributed by atoms with van der Waals surface area (Å²) in [5.74, 6) is -0.864. The minimum absolute atomic E-state index is 0.196. The summed E-state index contributed by atoms with van der Waals surface area (Å²) in [6.07, 6.45) is 0. The fourth-order valence-electron chi connectivity index (χ4n) is 4.77. The molecule has 3 atom stereocenters. The molecule has 1 N–H and O–H groups in total. The van der Waals surface area contributed by atoms with Gasteiger partial charge in [-0.25, -0.2) is 4.90 Å². The van der Waals surface area contributed by atoms with Gasteiger partial charge in [-0.1, -0.05) is 77.2 Å². The van der Waals surface area contributed by atoms with Crippen molar-refractivity contribution in [3.8, 4) is 5.75 Å². The number of nitrogens with zero attached hydrogens (tertiary/aromatic N) is 1. The Morgan fingerprint density at radius 3 is 2.44 bits per heavy atom. The number of hydrogen-bond donors (Lipinski definition) is 1. The number of H-pyrrole nitrogens is 1. The number of rotatable bonds is 5. The highest BCUT2D eigenvalue weighted by atomic mass is 35.5. The highest BCUT2D eigenvalue weighted by Crippen LogP contribution is 2.53. The van der Waals surface area contributed by atoms with Crippen molar-refractivity contribution < 1.29 is 14.3 Å². The van der Waals surface area contributed by atoms with Gasteiger partial charge in [0.15, 0.2) is 0 Å². The number of ether oxygens (including phenoxy) is 1. The van der Waals surface area contributed by atoms with Gasteiger partial charge in [0.2, 0.25) is 11.8 Å². The predicted molar refractivity (Wildman–Crippen MR) is 141 cm³/mol. The number of amides is 2. The van der Waals surface area contributed by atoms with Gasteiger partial charge in [0.1, 0.15) is 17.6 Å². The minimum Gasteiger partial charge on any atom is -0.489 e. The lowest BCUT2D eigenvalue weighted by Crippen LogP contribution is -2.32. The molecule has 1 fully saturated rings. The van der Waals surface area contributed by atoms with Crippen LogP contribution in [-0.4, -0.2) is 22.0 Å². The number of hydrogen-bond acceptors (Lipinski definition) is 6. The Bertz CT molecular complexity index is 1520. The van der Waals surface area contributed by atoms with Crippen molar-refractivity contribution in [1.82, 2.24) is 4.98 Å². The summed E-state index contributed by atoms with van der Waals surface area (Å²) in [4.78, 5) is 44.1. The van der Waals surface area contributed by atoms with E-state index in [1.165, 1.54) is 16.7 Å². The molecule has 3 aromatic carbocycles. The van der Waals surface area contributed by atoms with Gasteiger partial charge in [-0.05, 0) is 47.5 Å². The van der Waals surface area contributed by atoms with Crippen LogP contribution in [0.15, 0.2) is 88.7 Å². The fourth-order valence-corrected chi connectivity index (χ4v) is 7.50. The third-order valence-electron chi connectivity index (χ3n) is 6.37.